The monoisotopic (exact) mass is 321 g/mol. The van der Waals surface area contributed by atoms with E-state index in [0.29, 0.717) is 9.58 Å². The van der Waals surface area contributed by atoms with Crippen molar-refractivity contribution >= 4 is 33.3 Å². The van der Waals surface area contributed by atoms with E-state index < -0.39 is 12.0 Å². The van der Waals surface area contributed by atoms with Crippen LogP contribution >= 0.6 is 11.3 Å². The Bertz CT molecular complexity index is 766. The molecular weight excluding hydrogens is 305 g/mol. The molecule has 1 atom stereocenters. The molecule has 6 heteroatoms. The molecule has 0 bridgehead atoms. The molecule has 1 aliphatic rings. The topological polar surface area (TPSA) is 57.6 Å². The summed E-state index contributed by atoms with van der Waals surface area (Å²) in [7, 11) is 0. The van der Waals surface area contributed by atoms with Gasteiger partial charge in [-0.1, -0.05) is 6.07 Å². The highest BCUT2D eigenvalue weighted by Crippen LogP contribution is 2.36. The van der Waals surface area contributed by atoms with Crippen molar-refractivity contribution in [3.63, 3.8) is 0 Å². The number of thiophene rings is 1. The van der Waals surface area contributed by atoms with Gasteiger partial charge in [-0.3, -0.25) is 4.79 Å². The van der Waals surface area contributed by atoms with Crippen LogP contribution in [0.3, 0.4) is 0 Å². The maximum absolute atomic E-state index is 13.3. The van der Waals surface area contributed by atoms with Gasteiger partial charge in [0.15, 0.2) is 0 Å². The van der Waals surface area contributed by atoms with E-state index in [2.05, 4.69) is 0 Å². The molecule has 22 heavy (non-hydrogen) atoms. The second kappa shape index (κ2) is 5.35. The quantitative estimate of drug-likeness (QED) is 0.938. The van der Waals surface area contributed by atoms with Crippen LogP contribution in [0.4, 0.5) is 4.39 Å². The summed E-state index contributed by atoms with van der Waals surface area (Å²) >= 11 is 1.22. The fourth-order valence-corrected chi connectivity index (χ4v) is 3.83. The molecule has 1 amide bonds. The molecule has 2 aromatic rings. The SMILES string of the molecule is Cc1c(C(=O)N(C2CC2)C(C)C(=O)O)sc2cc(F)ccc12. The lowest BCUT2D eigenvalue weighted by Crippen LogP contribution is -2.44. The van der Waals surface area contributed by atoms with Gasteiger partial charge in [-0.2, -0.15) is 0 Å². The van der Waals surface area contributed by atoms with Gasteiger partial charge in [-0.05, 0) is 49.8 Å². The first kappa shape index (κ1) is 15.0. The molecule has 1 heterocycles. The highest BCUT2D eigenvalue weighted by Gasteiger charge is 2.39. The predicted octanol–water partition coefficient (Wildman–Crippen LogP) is 3.43. The van der Waals surface area contributed by atoms with Crippen molar-refractivity contribution in [3.05, 3.63) is 34.5 Å². The average Bonchev–Trinajstić information content (AvgIpc) is 3.23. The van der Waals surface area contributed by atoms with Crippen molar-refractivity contribution in [1.82, 2.24) is 4.90 Å². The number of fused-ring (bicyclic) bond motifs is 1. The molecule has 0 saturated heterocycles. The Balaban J connectivity index is 2.03. The van der Waals surface area contributed by atoms with Gasteiger partial charge < -0.3 is 10.0 Å². The molecule has 0 radical (unpaired) electrons. The third-order valence-electron chi connectivity index (χ3n) is 4.04. The summed E-state index contributed by atoms with van der Waals surface area (Å²) in [5, 5.41) is 10.1. The van der Waals surface area contributed by atoms with E-state index in [1.54, 1.807) is 6.07 Å². The number of amides is 1. The fraction of sp³-hybridized carbons (Fsp3) is 0.375. The Morgan fingerprint density at radius 2 is 2.09 bits per heavy atom. The number of hydrogen-bond acceptors (Lipinski definition) is 3. The molecule has 4 nitrogen and oxygen atoms in total. The lowest BCUT2D eigenvalue weighted by Gasteiger charge is -2.26. The highest BCUT2D eigenvalue weighted by atomic mass is 32.1. The molecule has 1 saturated carbocycles. The number of aryl methyl sites for hydroxylation is 1. The summed E-state index contributed by atoms with van der Waals surface area (Å²) in [5.41, 5.74) is 0.785. The smallest absolute Gasteiger partial charge is 0.326 e. The van der Waals surface area contributed by atoms with Crippen LogP contribution in [0.25, 0.3) is 10.1 Å². The molecule has 1 aliphatic carbocycles. The standard InChI is InChI=1S/C16H16FNO3S/c1-8-12-6-3-10(17)7-13(12)22-14(8)15(19)18(11-4-5-11)9(2)16(20)21/h3,6-7,9,11H,4-5H2,1-2H3,(H,20,21). The Morgan fingerprint density at radius 1 is 1.41 bits per heavy atom. The van der Waals surface area contributed by atoms with Gasteiger partial charge in [0.05, 0.1) is 4.88 Å². The van der Waals surface area contributed by atoms with E-state index in [0.717, 1.165) is 23.8 Å². The number of carbonyl (C=O) groups is 2. The first-order valence-corrected chi connectivity index (χ1v) is 7.96. The van der Waals surface area contributed by atoms with Crippen LogP contribution in [0.1, 0.15) is 35.0 Å². The Labute approximate surface area is 131 Å². The number of nitrogens with zero attached hydrogens (tertiary/aromatic N) is 1. The van der Waals surface area contributed by atoms with Gasteiger partial charge >= 0.3 is 5.97 Å². The van der Waals surface area contributed by atoms with Crippen LogP contribution in [0, 0.1) is 12.7 Å². The number of carboxylic acids is 1. The van der Waals surface area contributed by atoms with E-state index in [1.807, 2.05) is 6.92 Å². The lowest BCUT2D eigenvalue weighted by molar-refractivity contribution is -0.141. The summed E-state index contributed by atoms with van der Waals surface area (Å²) < 4.78 is 14.1. The normalized spacial score (nSPS) is 15.8. The number of halogens is 1. The number of rotatable bonds is 4. The van der Waals surface area contributed by atoms with Crippen LogP contribution in [0.15, 0.2) is 18.2 Å². The van der Waals surface area contributed by atoms with Crippen molar-refractivity contribution < 1.29 is 19.1 Å². The summed E-state index contributed by atoms with van der Waals surface area (Å²) in [6, 6.07) is 3.58. The molecule has 0 aliphatic heterocycles. The van der Waals surface area contributed by atoms with E-state index in [4.69, 9.17) is 0 Å². The summed E-state index contributed by atoms with van der Waals surface area (Å²) in [5.74, 6) is -1.62. The second-order valence-corrected chi connectivity index (χ2v) is 6.71. The molecule has 116 valence electrons. The molecule has 1 aromatic carbocycles. The zero-order valence-electron chi connectivity index (χ0n) is 12.3. The van der Waals surface area contributed by atoms with E-state index in [-0.39, 0.29) is 17.8 Å². The molecule has 1 aromatic heterocycles. The number of hydrogen-bond donors (Lipinski definition) is 1. The predicted molar refractivity (Wildman–Crippen MR) is 82.8 cm³/mol. The van der Waals surface area contributed by atoms with Gasteiger partial charge in [0.2, 0.25) is 0 Å². The van der Waals surface area contributed by atoms with E-state index >= 15 is 0 Å². The third kappa shape index (κ3) is 2.47. The maximum Gasteiger partial charge on any atom is 0.326 e. The van der Waals surface area contributed by atoms with Gasteiger partial charge in [-0.25, -0.2) is 9.18 Å². The first-order valence-electron chi connectivity index (χ1n) is 7.14. The van der Waals surface area contributed by atoms with Gasteiger partial charge in [0.1, 0.15) is 11.9 Å². The first-order chi connectivity index (χ1) is 10.4. The molecular formula is C16H16FNO3S. The van der Waals surface area contributed by atoms with Crippen molar-refractivity contribution in [2.45, 2.75) is 38.8 Å². The molecule has 1 unspecified atom stereocenters. The summed E-state index contributed by atoms with van der Waals surface area (Å²) in [6.45, 7) is 3.35. The fourth-order valence-electron chi connectivity index (χ4n) is 2.65. The zero-order valence-corrected chi connectivity index (χ0v) is 13.1. The van der Waals surface area contributed by atoms with Crippen molar-refractivity contribution in [1.29, 1.82) is 0 Å². The van der Waals surface area contributed by atoms with Crippen LogP contribution in [0.5, 0.6) is 0 Å². The minimum absolute atomic E-state index is 0.0000478. The van der Waals surface area contributed by atoms with E-state index in [1.165, 1.54) is 35.3 Å². The van der Waals surface area contributed by atoms with Crippen LogP contribution in [-0.2, 0) is 4.79 Å². The number of aliphatic carboxylic acids is 1. The Morgan fingerprint density at radius 3 is 2.68 bits per heavy atom. The zero-order chi connectivity index (χ0) is 16.0. The number of carboxylic acid groups (broad SMARTS) is 1. The number of carbonyl (C=O) groups excluding carboxylic acids is 1. The summed E-state index contributed by atoms with van der Waals surface area (Å²) in [6.07, 6.45) is 1.67. The van der Waals surface area contributed by atoms with Crippen LogP contribution in [-0.4, -0.2) is 34.0 Å². The second-order valence-electron chi connectivity index (χ2n) is 5.65. The minimum Gasteiger partial charge on any atom is -0.480 e. The van der Waals surface area contributed by atoms with Crippen LogP contribution < -0.4 is 0 Å². The van der Waals surface area contributed by atoms with Crippen molar-refractivity contribution in [2.24, 2.45) is 0 Å². The van der Waals surface area contributed by atoms with Gasteiger partial charge in [0.25, 0.3) is 5.91 Å². The maximum atomic E-state index is 13.3. The highest BCUT2D eigenvalue weighted by molar-refractivity contribution is 7.21. The molecule has 1 N–H and O–H groups in total. The largest absolute Gasteiger partial charge is 0.480 e. The summed E-state index contributed by atoms with van der Waals surface area (Å²) in [4.78, 5) is 26.1. The molecule has 3 rings (SSSR count). The van der Waals surface area contributed by atoms with Crippen LogP contribution in [0.2, 0.25) is 0 Å². The van der Waals surface area contributed by atoms with E-state index in [9.17, 15) is 19.1 Å². The van der Waals surface area contributed by atoms with Crippen molar-refractivity contribution in [3.8, 4) is 0 Å². The van der Waals surface area contributed by atoms with Gasteiger partial charge in [-0.15, -0.1) is 11.3 Å². The van der Waals surface area contributed by atoms with Gasteiger partial charge in [0, 0.05) is 10.7 Å². The molecule has 1 fully saturated rings. The average molecular weight is 321 g/mol. The Kier molecular flexibility index (Phi) is 3.64. The third-order valence-corrected chi connectivity index (χ3v) is 5.29. The molecule has 0 spiro atoms. The lowest BCUT2D eigenvalue weighted by atomic mass is 10.1. The Hall–Kier alpha value is -1.95. The van der Waals surface area contributed by atoms with Crippen molar-refractivity contribution in [2.75, 3.05) is 0 Å². The minimum atomic E-state index is -1.01. The number of benzene rings is 1.